The molecule has 2 aliphatic heterocycles. The van der Waals surface area contributed by atoms with Crippen LogP contribution in [0.15, 0.2) is 36.8 Å². The van der Waals surface area contributed by atoms with Crippen LogP contribution in [0.25, 0.3) is 22.4 Å². The maximum Gasteiger partial charge on any atom is 0.242 e. The molecular weight excluding hydrogens is 378 g/mol. The average molecular weight is 406 g/mol. The van der Waals surface area contributed by atoms with Crippen LogP contribution in [-0.2, 0) is 0 Å². The van der Waals surface area contributed by atoms with Gasteiger partial charge >= 0.3 is 0 Å². The minimum atomic E-state index is 0.140. The van der Waals surface area contributed by atoms with Gasteiger partial charge in [-0.05, 0) is 57.4 Å². The van der Waals surface area contributed by atoms with E-state index in [4.69, 9.17) is 0 Å². The summed E-state index contributed by atoms with van der Waals surface area (Å²) in [5.41, 5.74) is 3.19. The molecule has 3 N–H and O–H groups in total. The first kappa shape index (κ1) is 19.0. The van der Waals surface area contributed by atoms with Crippen LogP contribution < -0.4 is 5.32 Å². The number of aromatic hydroxyl groups is 1. The number of aromatic nitrogens is 5. The van der Waals surface area contributed by atoms with E-state index in [2.05, 4.69) is 49.6 Å². The van der Waals surface area contributed by atoms with Gasteiger partial charge in [0.1, 0.15) is 11.4 Å². The molecule has 3 atom stereocenters. The Balaban J connectivity index is 1.30. The summed E-state index contributed by atoms with van der Waals surface area (Å²) < 4.78 is 0. The van der Waals surface area contributed by atoms with Crippen molar-refractivity contribution in [3.05, 3.63) is 36.8 Å². The van der Waals surface area contributed by atoms with E-state index in [1.54, 1.807) is 24.7 Å². The molecule has 8 heteroatoms. The largest absolute Gasteiger partial charge is 0.507 e. The predicted molar refractivity (Wildman–Crippen MR) is 115 cm³/mol. The fourth-order valence-corrected chi connectivity index (χ4v) is 5.09. The molecule has 8 nitrogen and oxygen atoms in total. The number of H-pyrrole nitrogens is 1. The molecule has 156 valence electrons. The maximum absolute atomic E-state index is 10.5. The number of aromatic amines is 1. The highest BCUT2D eigenvalue weighted by molar-refractivity contribution is 5.73. The van der Waals surface area contributed by atoms with E-state index in [0.717, 1.165) is 24.0 Å². The van der Waals surface area contributed by atoms with Crippen LogP contribution in [0.3, 0.4) is 0 Å². The van der Waals surface area contributed by atoms with Crippen molar-refractivity contribution in [2.24, 2.45) is 0 Å². The zero-order valence-electron chi connectivity index (χ0n) is 17.3. The van der Waals surface area contributed by atoms with Crippen molar-refractivity contribution in [2.75, 3.05) is 12.4 Å². The third-order valence-corrected chi connectivity index (χ3v) is 6.89. The molecule has 4 heterocycles. The number of benzene rings is 1. The van der Waals surface area contributed by atoms with Gasteiger partial charge in [0.2, 0.25) is 5.95 Å². The van der Waals surface area contributed by atoms with Gasteiger partial charge in [0, 0.05) is 34.9 Å². The summed E-state index contributed by atoms with van der Waals surface area (Å²) in [4.78, 5) is 7.04. The van der Waals surface area contributed by atoms with Crippen LogP contribution in [0.5, 0.6) is 5.75 Å². The molecule has 30 heavy (non-hydrogen) atoms. The van der Waals surface area contributed by atoms with Gasteiger partial charge in [-0.2, -0.15) is 5.10 Å². The van der Waals surface area contributed by atoms with E-state index in [1.807, 2.05) is 12.1 Å². The van der Waals surface area contributed by atoms with Gasteiger partial charge in [-0.25, -0.2) is 4.98 Å². The van der Waals surface area contributed by atoms with E-state index in [1.165, 1.54) is 19.3 Å². The number of phenols is 1. The van der Waals surface area contributed by atoms with Gasteiger partial charge in [-0.15, -0.1) is 10.2 Å². The molecule has 2 aromatic heterocycles. The first-order chi connectivity index (χ1) is 14.5. The summed E-state index contributed by atoms with van der Waals surface area (Å²) in [6.45, 7) is 2.37. The first-order valence-corrected chi connectivity index (χ1v) is 10.5. The van der Waals surface area contributed by atoms with Crippen molar-refractivity contribution >= 4 is 5.95 Å². The van der Waals surface area contributed by atoms with E-state index in [0.29, 0.717) is 29.3 Å². The second-order valence-corrected chi connectivity index (χ2v) is 8.82. The van der Waals surface area contributed by atoms with Crippen molar-refractivity contribution in [1.82, 2.24) is 30.3 Å². The van der Waals surface area contributed by atoms with Gasteiger partial charge in [-0.3, -0.25) is 10.00 Å². The number of piperidine rings is 2. The van der Waals surface area contributed by atoms with Crippen molar-refractivity contribution in [3.8, 4) is 28.1 Å². The van der Waals surface area contributed by atoms with E-state index in [-0.39, 0.29) is 11.3 Å². The number of phenolic OH excluding ortho intramolecular Hbond substituents is 1. The Bertz CT molecular complexity index is 1020. The minimum absolute atomic E-state index is 0.140. The molecule has 0 spiro atoms. The molecule has 2 aliphatic rings. The first-order valence-electron chi connectivity index (χ1n) is 10.5. The fraction of sp³-hybridized carbons (Fsp3) is 0.455. The summed E-state index contributed by atoms with van der Waals surface area (Å²) in [5.74, 6) is 0.686. The summed E-state index contributed by atoms with van der Waals surface area (Å²) in [6.07, 6.45) is 11.2. The Morgan fingerprint density at radius 1 is 1.23 bits per heavy atom. The Hall–Kier alpha value is -3.00. The van der Waals surface area contributed by atoms with Crippen molar-refractivity contribution in [1.29, 1.82) is 0 Å². The average Bonchev–Trinajstić information content (AvgIpc) is 3.26. The fourth-order valence-electron chi connectivity index (χ4n) is 5.09. The van der Waals surface area contributed by atoms with E-state index >= 15 is 0 Å². The number of anilines is 1. The second kappa shape index (κ2) is 7.36. The third kappa shape index (κ3) is 3.41. The molecule has 0 radical (unpaired) electrons. The minimum Gasteiger partial charge on any atom is -0.507 e. The molecule has 5 rings (SSSR count). The molecule has 3 aromatic rings. The third-order valence-electron chi connectivity index (χ3n) is 6.89. The Labute approximate surface area is 175 Å². The molecular formula is C22H27N7O. The molecule has 3 unspecified atom stereocenters. The Morgan fingerprint density at radius 3 is 2.83 bits per heavy atom. The van der Waals surface area contributed by atoms with Crippen molar-refractivity contribution in [2.45, 2.75) is 56.7 Å². The van der Waals surface area contributed by atoms with E-state index in [9.17, 15) is 5.11 Å². The van der Waals surface area contributed by atoms with Gasteiger partial charge in [0.05, 0.1) is 12.4 Å². The number of hydrogen-bond acceptors (Lipinski definition) is 7. The van der Waals surface area contributed by atoms with Crippen LogP contribution in [0.4, 0.5) is 5.95 Å². The smallest absolute Gasteiger partial charge is 0.242 e. The summed E-state index contributed by atoms with van der Waals surface area (Å²) in [5, 5.41) is 29.3. The predicted octanol–water partition coefficient (Wildman–Crippen LogP) is 3.45. The van der Waals surface area contributed by atoms with Crippen LogP contribution >= 0.6 is 0 Å². The van der Waals surface area contributed by atoms with Gasteiger partial charge in [0.15, 0.2) is 0 Å². The second-order valence-electron chi connectivity index (χ2n) is 8.82. The zero-order chi connectivity index (χ0) is 20.7. The molecule has 0 aliphatic carbocycles. The lowest BCUT2D eigenvalue weighted by atomic mass is 9.74. The lowest BCUT2D eigenvalue weighted by molar-refractivity contribution is -0.0106. The quantitative estimate of drug-likeness (QED) is 0.611. The molecule has 1 aromatic carbocycles. The van der Waals surface area contributed by atoms with Crippen molar-refractivity contribution < 1.29 is 5.11 Å². The topological polar surface area (TPSA) is 103 Å². The Kier molecular flexibility index (Phi) is 4.66. The molecule has 0 saturated carbocycles. The number of nitrogens with zero attached hydrogens (tertiary/aromatic N) is 5. The normalized spacial score (nSPS) is 26.5. The van der Waals surface area contributed by atoms with Crippen LogP contribution in [-0.4, -0.2) is 60.1 Å². The summed E-state index contributed by atoms with van der Waals surface area (Å²) in [7, 11) is 2.26. The van der Waals surface area contributed by atoms with Crippen molar-refractivity contribution in [3.63, 3.8) is 0 Å². The summed E-state index contributed by atoms with van der Waals surface area (Å²) in [6, 6.07) is 6.42. The van der Waals surface area contributed by atoms with Crippen LogP contribution in [0.1, 0.15) is 39.0 Å². The van der Waals surface area contributed by atoms with Crippen LogP contribution in [0, 0.1) is 0 Å². The van der Waals surface area contributed by atoms with E-state index < -0.39 is 0 Å². The standard InChI is InChI=1S/C22H27N7O/c1-22-7-3-4-17(29(22)2)9-16(10-22)26-21-23-13-19(27-28-21)18-6-5-14(8-20(18)30)15-11-24-25-12-15/h5-6,8,11-13,16-17,30H,3-4,7,9-10H2,1-2H3,(H,24,25)(H,23,26,28). The molecule has 0 amide bonds. The zero-order valence-corrected chi connectivity index (χ0v) is 17.3. The number of fused-ring (bicyclic) bond motifs is 2. The SMILES string of the molecule is CN1C2CCCC1(C)CC(Nc1ncc(-c3ccc(-c4cn[nH]c4)cc3O)nn1)C2. The Morgan fingerprint density at radius 2 is 2.13 bits per heavy atom. The number of nitrogens with one attached hydrogen (secondary N) is 2. The highest BCUT2D eigenvalue weighted by atomic mass is 16.3. The highest BCUT2D eigenvalue weighted by Crippen LogP contribution is 2.41. The van der Waals surface area contributed by atoms with Gasteiger partial charge in [0.25, 0.3) is 0 Å². The molecule has 2 fully saturated rings. The molecule has 2 bridgehead atoms. The lowest BCUT2D eigenvalue weighted by Gasteiger charge is -2.54. The van der Waals surface area contributed by atoms with Gasteiger partial charge in [-0.1, -0.05) is 12.5 Å². The highest BCUT2D eigenvalue weighted by Gasteiger charge is 2.44. The molecule has 2 saturated heterocycles. The van der Waals surface area contributed by atoms with Crippen LogP contribution in [0.2, 0.25) is 0 Å². The monoisotopic (exact) mass is 405 g/mol. The maximum atomic E-state index is 10.5. The number of rotatable bonds is 4. The lowest BCUT2D eigenvalue weighted by Crippen LogP contribution is -2.60. The summed E-state index contributed by atoms with van der Waals surface area (Å²) >= 11 is 0. The van der Waals surface area contributed by atoms with Gasteiger partial charge < -0.3 is 10.4 Å². The number of hydrogen-bond donors (Lipinski definition) is 3.